The molecule has 0 bridgehead atoms. The topological polar surface area (TPSA) is 79.5 Å². The molecule has 2 heterocycles. The number of nitrogens with two attached hydrogens (primary N) is 1. The highest BCUT2D eigenvalue weighted by Gasteiger charge is 2.25. The first-order chi connectivity index (χ1) is 11.6. The summed E-state index contributed by atoms with van der Waals surface area (Å²) in [7, 11) is 0. The molecule has 0 saturated carbocycles. The molecule has 1 aromatic heterocycles. The van der Waals surface area contributed by atoms with Crippen molar-refractivity contribution in [1.82, 2.24) is 9.88 Å². The SMILES string of the molecule is C[C@@H]1CC[C@@H](CO)CN1Cc1csc(-c2ccc(C(N)=O)cc2)n1. The fraction of sp³-hybridized carbons (Fsp3) is 0.444. The molecule has 1 amide bonds. The zero-order valence-corrected chi connectivity index (χ0v) is 14.6. The van der Waals surface area contributed by atoms with Gasteiger partial charge in [-0.15, -0.1) is 11.3 Å². The molecule has 1 aliphatic heterocycles. The van der Waals surface area contributed by atoms with Crippen LogP contribution in [0.15, 0.2) is 29.6 Å². The molecule has 2 atom stereocenters. The van der Waals surface area contributed by atoms with Crippen molar-refractivity contribution in [1.29, 1.82) is 0 Å². The van der Waals surface area contributed by atoms with E-state index in [0.29, 0.717) is 17.5 Å². The second-order valence-electron chi connectivity index (χ2n) is 6.49. The van der Waals surface area contributed by atoms with Crippen molar-refractivity contribution in [2.45, 2.75) is 32.4 Å². The van der Waals surface area contributed by atoms with E-state index in [2.05, 4.69) is 17.2 Å². The lowest BCUT2D eigenvalue weighted by atomic mass is 9.94. The number of aliphatic hydroxyl groups excluding tert-OH is 1. The first kappa shape index (κ1) is 17.1. The van der Waals surface area contributed by atoms with E-state index in [-0.39, 0.29) is 6.61 Å². The minimum Gasteiger partial charge on any atom is -0.396 e. The number of piperidine rings is 1. The summed E-state index contributed by atoms with van der Waals surface area (Å²) in [4.78, 5) is 18.3. The average molecular weight is 345 g/mol. The standard InChI is InChI=1S/C18H23N3O2S/c1-12-2-3-13(10-22)8-21(12)9-16-11-24-18(20-16)15-6-4-14(5-7-15)17(19)23/h4-7,11-13,22H,2-3,8-10H2,1H3,(H2,19,23)/t12-,13-/m1/s1. The maximum absolute atomic E-state index is 11.1. The first-order valence-corrected chi connectivity index (χ1v) is 9.14. The Morgan fingerprint density at radius 1 is 1.38 bits per heavy atom. The van der Waals surface area contributed by atoms with Crippen molar-refractivity contribution in [2.75, 3.05) is 13.2 Å². The lowest BCUT2D eigenvalue weighted by Gasteiger charge is -2.36. The van der Waals surface area contributed by atoms with Crippen molar-refractivity contribution in [3.63, 3.8) is 0 Å². The smallest absolute Gasteiger partial charge is 0.248 e. The molecular formula is C18H23N3O2S. The summed E-state index contributed by atoms with van der Waals surface area (Å²) in [5.41, 5.74) is 7.83. The van der Waals surface area contributed by atoms with Gasteiger partial charge < -0.3 is 10.8 Å². The number of aromatic nitrogens is 1. The van der Waals surface area contributed by atoms with Gasteiger partial charge in [0.05, 0.1) is 5.69 Å². The lowest BCUT2D eigenvalue weighted by Crippen LogP contribution is -2.42. The van der Waals surface area contributed by atoms with Crippen molar-refractivity contribution >= 4 is 17.2 Å². The van der Waals surface area contributed by atoms with Gasteiger partial charge in [-0.25, -0.2) is 4.98 Å². The average Bonchev–Trinajstić information content (AvgIpc) is 3.05. The number of carbonyl (C=O) groups excluding carboxylic acids is 1. The summed E-state index contributed by atoms with van der Waals surface area (Å²) in [6.07, 6.45) is 2.22. The van der Waals surface area contributed by atoms with Gasteiger partial charge in [-0.05, 0) is 37.8 Å². The van der Waals surface area contributed by atoms with E-state index in [1.165, 1.54) is 0 Å². The number of hydrogen-bond acceptors (Lipinski definition) is 5. The quantitative estimate of drug-likeness (QED) is 0.873. The minimum absolute atomic E-state index is 0.262. The molecule has 1 aliphatic rings. The van der Waals surface area contributed by atoms with Crippen LogP contribution in [0.5, 0.6) is 0 Å². The van der Waals surface area contributed by atoms with Gasteiger partial charge in [0.2, 0.25) is 5.91 Å². The Labute approximate surface area is 146 Å². The normalized spacial score (nSPS) is 21.8. The Kier molecular flexibility index (Phi) is 5.28. The zero-order valence-electron chi connectivity index (χ0n) is 13.8. The van der Waals surface area contributed by atoms with E-state index in [0.717, 1.165) is 42.2 Å². The highest BCUT2D eigenvalue weighted by molar-refractivity contribution is 7.13. The monoisotopic (exact) mass is 345 g/mol. The van der Waals surface area contributed by atoms with Gasteiger partial charge in [0.25, 0.3) is 0 Å². The molecule has 128 valence electrons. The van der Waals surface area contributed by atoms with Gasteiger partial charge in [-0.2, -0.15) is 0 Å². The Morgan fingerprint density at radius 2 is 2.12 bits per heavy atom. The number of hydrogen-bond donors (Lipinski definition) is 2. The third-order valence-corrected chi connectivity index (χ3v) is 5.64. The molecule has 0 spiro atoms. The highest BCUT2D eigenvalue weighted by Crippen LogP contribution is 2.27. The Balaban J connectivity index is 1.70. The Morgan fingerprint density at radius 3 is 2.79 bits per heavy atom. The predicted octanol–water partition coefficient (Wildman–Crippen LogP) is 2.50. The van der Waals surface area contributed by atoms with Gasteiger partial charge in [0.15, 0.2) is 0 Å². The van der Waals surface area contributed by atoms with E-state index in [4.69, 9.17) is 10.7 Å². The minimum atomic E-state index is -0.418. The largest absolute Gasteiger partial charge is 0.396 e. The molecule has 2 aromatic rings. The summed E-state index contributed by atoms with van der Waals surface area (Å²) >= 11 is 1.61. The number of thiazole rings is 1. The molecule has 6 heteroatoms. The van der Waals surface area contributed by atoms with Gasteiger partial charge in [0.1, 0.15) is 5.01 Å². The van der Waals surface area contributed by atoms with Crippen molar-refractivity contribution in [2.24, 2.45) is 11.7 Å². The van der Waals surface area contributed by atoms with Crippen molar-refractivity contribution < 1.29 is 9.90 Å². The van der Waals surface area contributed by atoms with Crippen LogP contribution in [0.2, 0.25) is 0 Å². The van der Waals surface area contributed by atoms with Gasteiger partial charge in [-0.3, -0.25) is 9.69 Å². The summed E-state index contributed by atoms with van der Waals surface area (Å²) in [5, 5.41) is 12.4. The maximum Gasteiger partial charge on any atom is 0.248 e. The van der Waals surface area contributed by atoms with Crippen LogP contribution in [0.3, 0.4) is 0 Å². The molecule has 3 N–H and O–H groups in total. The number of primary amides is 1. The van der Waals surface area contributed by atoms with Crippen LogP contribution in [0.1, 0.15) is 35.8 Å². The third-order valence-electron chi connectivity index (χ3n) is 4.70. The molecule has 0 unspecified atom stereocenters. The molecule has 1 aromatic carbocycles. The molecule has 1 saturated heterocycles. The van der Waals surface area contributed by atoms with Crippen LogP contribution in [-0.4, -0.2) is 40.1 Å². The zero-order chi connectivity index (χ0) is 17.1. The third kappa shape index (κ3) is 3.83. The first-order valence-electron chi connectivity index (χ1n) is 8.26. The van der Waals surface area contributed by atoms with Crippen LogP contribution >= 0.6 is 11.3 Å². The molecular weight excluding hydrogens is 322 g/mol. The predicted molar refractivity (Wildman–Crippen MR) is 95.7 cm³/mol. The molecule has 3 rings (SSSR count). The molecule has 5 nitrogen and oxygen atoms in total. The van der Waals surface area contributed by atoms with E-state index in [1.54, 1.807) is 23.5 Å². The number of likely N-dealkylation sites (tertiary alicyclic amines) is 1. The van der Waals surface area contributed by atoms with Gasteiger partial charge in [-0.1, -0.05) is 12.1 Å². The van der Waals surface area contributed by atoms with E-state index >= 15 is 0 Å². The molecule has 1 fully saturated rings. The maximum atomic E-state index is 11.1. The van der Waals surface area contributed by atoms with E-state index in [9.17, 15) is 9.90 Å². The number of benzene rings is 1. The molecule has 0 radical (unpaired) electrons. The van der Waals surface area contributed by atoms with Crippen LogP contribution in [0.4, 0.5) is 0 Å². The summed E-state index contributed by atoms with van der Waals surface area (Å²) in [6, 6.07) is 7.75. The molecule has 0 aliphatic carbocycles. The van der Waals surface area contributed by atoms with E-state index < -0.39 is 5.91 Å². The summed E-state index contributed by atoms with van der Waals surface area (Å²) in [6.45, 7) is 4.24. The van der Waals surface area contributed by atoms with Crippen LogP contribution in [0.25, 0.3) is 10.6 Å². The highest BCUT2D eigenvalue weighted by atomic mass is 32.1. The second-order valence-corrected chi connectivity index (χ2v) is 7.35. The number of nitrogens with zero attached hydrogens (tertiary/aromatic N) is 2. The molecule has 24 heavy (non-hydrogen) atoms. The fourth-order valence-corrected chi connectivity index (χ4v) is 3.95. The van der Waals surface area contributed by atoms with Crippen molar-refractivity contribution in [3.05, 3.63) is 40.9 Å². The number of rotatable bonds is 5. The van der Waals surface area contributed by atoms with Crippen LogP contribution in [0, 0.1) is 5.92 Å². The summed E-state index contributed by atoms with van der Waals surface area (Å²) in [5.74, 6) is -0.0421. The lowest BCUT2D eigenvalue weighted by molar-refractivity contribution is 0.0763. The van der Waals surface area contributed by atoms with Crippen LogP contribution < -0.4 is 5.73 Å². The van der Waals surface area contributed by atoms with Crippen LogP contribution in [-0.2, 0) is 6.54 Å². The number of carbonyl (C=O) groups is 1. The second kappa shape index (κ2) is 7.42. The summed E-state index contributed by atoms with van der Waals surface area (Å²) < 4.78 is 0. The Bertz CT molecular complexity index is 699. The van der Waals surface area contributed by atoms with Gasteiger partial charge >= 0.3 is 0 Å². The fourth-order valence-electron chi connectivity index (χ4n) is 3.13. The Hall–Kier alpha value is -1.76. The van der Waals surface area contributed by atoms with Gasteiger partial charge in [0, 0.05) is 42.2 Å². The number of aliphatic hydroxyl groups is 1. The number of amides is 1. The van der Waals surface area contributed by atoms with E-state index in [1.807, 2.05) is 12.1 Å². The van der Waals surface area contributed by atoms with Crippen molar-refractivity contribution in [3.8, 4) is 10.6 Å².